The van der Waals surface area contributed by atoms with Crippen molar-refractivity contribution in [1.82, 2.24) is 5.32 Å². The van der Waals surface area contributed by atoms with Crippen molar-refractivity contribution in [3.05, 3.63) is 10.6 Å². The Morgan fingerprint density at radius 2 is 2.40 bits per heavy atom. The van der Waals surface area contributed by atoms with E-state index < -0.39 is 0 Å². The maximum Gasteiger partial charge on any atom is 0.0832 e. The van der Waals surface area contributed by atoms with Gasteiger partial charge in [0.2, 0.25) is 0 Å². The van der Waals surface area contributed by atoms with Crippen LogP contribution in [0.15, 0.2) is 10.6 Å². The SMILES string of the molecule is CNCCOC/C(Cl)=C/Cl. The standard InChI is InChI=1S/C6H11Cl2NO/c1-9-2-3-10-5-6(8)4-7/h4,9H,2-3,5H2,1H3/b6-4-. The van der Waals surface area contributed by atoms with Crippen LogP contribution in [0, 0.1) is 0 Å². The average Bonchev–Trinajstić information content (AvgIpc) is 1.98. The zero-order valence-electron chi connectivity index (χ0n) is 5.86. The van der Waals surface area contributed by atoms with Crippen molar-refractivity contribution in [3.63, 3.8) is 0 Å². The van der Waals surface area contributed by atoms with E-state index >= 15 is 0 Å². The van der Waals surface area contributed by atoms with Gasteiger partial charge in [-0.3, -0.25) is 0 Å². The summed E-state index contributed by atoms with van der Waals surface area (Å²) in [5.74, 6) is 0. The highest BCUT2D eigenvalue weighted by molar-refractivity contribution is 6.36. The second-order valence-corrected chi connectivity index (χ2v) is 2.42. The molecule has 0 aromatic carbocycles. The topological polar surface area (TPSA) is 21.3 Å². The first-order chi connectivity index (χ1) is 4.81. The van der Waals surface area contributed by atoms with Crippen molar-refractivity contribution in [2.45, 2.75) is 0 Å². The summed E-state index contributed by atoms with van der Waals surface area (Å²) in [6, 6.07) is 0. The van der Waals surface area contributed by atoms with Gasteiger partial charge in [0.15, 0.2) is 0 Å². The molecule has 0 amide bonds. The molecule has 0 aliphatic heterocycles. The molecule has 0 fully saturated rings. The lowest BCUT2D eigenvalue weighted by Crippen LogP contribution is -2.14. The van der Waals surface area contributed by atoms with E-state index in [1.165, 1.54) is 5.54 Å². The van der Waals surface area contributed by atoms with Crippen molar-refractivity contribution in [1.29, 1.82) is 0 Å². The van der Waals surface area contributed by atoms with Gasteiger partial charge in [-0.05, 0) is 7.05 Å². The minimum absolute atomic E-state index is 0.396. The largest absolute Gasteiger partial charge is 0.375 e. The minimum Gasteiger partial charge on any atom is -0.375 e. The normalized spacial score (nSPS) is 12.1. The Bertz CT molecular complexity index is 106. The van der Waals surface area contributed by atoms with Crippen LogP contribution in [0.5, 0.6) is 0 Å². The van der Waals surface area contributed by atoms with Gasteiger partial charge < -0.3 is 10.1 Å². The molecule has 0 aromatic heterocycles. The predicted molar refractivity (Wildman–Crippen MR) is 44.5 cm³/mol. The Balaban J connectivity index is 3.04. The van der Waals surface area contributed by atoms with E-state index in [0.717, 1.165) is 6.54 Å². The summed E-state index contributed by atoms with van der Waals surface area (Å²) in [5.41, 5.74) is 1.31. The molecule has 0 spiro atoms. The van der Waals surface area contributed by atoms with E-state index in [0.29, 0.717) is 18.2 Å². The van der Waals surface area contributed by atoms with Crippen LogP contribution in [0.3, 0.4) is 0 Å². The van der Waals surface area contributed by atoms with Gasteiger partial charge in [0.1, 0.15) is 0 Å². The smallest absolute Gasteiger partial charge is 0.0832 e. The third-order valence-corrected chi connectivity index (χ3v) is 1.45. The molecule has 0 saturated carbocycles. The highest BCUT2D eigenvalue weighted by Crippen LogP contribution is 2.02. The van der Waals surface area contributed by atoms with Crippen LogP contribution in [0.1, 0.15) is 0 Å². The summed E-state index contributed by atoms with van der Waals surface area (Å²) in [6.07, 6.45) is 0. The molecule has 0 unspecified atom stereocenters. The number of halogens is 2. The van der Waals surface area contributed by atoms with E-state index in [-0.39, 0.29) is 0 Å². The quantitative estimate of drug-likeness (QED) is 0.654. The molecule has 0 aliphatic carbocycles. The second kappa shape index (κ2) is 7.35. The molecule has 0 heterocycles. The van der Waals surface area contributed by atoms with Crippen LogP contribution in [-0.2, 0) is 4.74 Å². The first kappa shape index (κ1) is 10.2. The molecule has 0 saturated heterocycles. The van der Waals surface area contributed by atoms with Crippen molar-refractivity contribution < 1.29 is 4.74 Å². The van der Waals surface area contributed by atoms with Gasteiger partial charge in [-0.15, -0.1) is 0 Å². The molecule has 1 N–H and O–H groups in total. The molecule has 0 rings (SSSR count). The molecule has 0 radical (unpaired) electrons. The maximum absolute atomic E-state index is 5.53. The van der Waals surface area contributed by atoms with Crippen LogP contribution in [0.4, 0.5) is 0 Å². The maximum atomic E-state index is 5.53. The van der Waals surface area contributed by atoms with Crippen molar-refractivity contribution in [3.8, 4) is 0 Å². The Morgan fingerprint density at radius 3 is 2.90 bits per heavy atom. The van der Waals surface area contributed by atoms with Gasteiger partial charge in [0.05, 0.1) is 18.2 Å². The van der Waals surface area contributed by atoms with E-state index in [4.69, 9.17) is 27.9 Å². The summed E-state index contributed by atoms with van der Waals surface area (Å²) >= 11 is 10.8. The molecule has 2 nitrogen and oxygen atoms in total. The van der Waals surface area contributed by atoms with Gasteiger partial charge in [0, 0.05) is 12.1 Å². The lowest BCUT2D eigenvalue weighted by atomic mass is 10.6. The predicted octanol–water partition coefficient (Wildman–Crippen LogP) is 1.54. The molecule has 10 heavy (non-hydrogen) atoms. The van der Waals surface area contributed by atoms with E-state index in [1.807, 2.05) is 7.05 Å². The van der Waals surface area contributed by atoms with Crippen molar-refractivity contribution in [2.24, 2.45) is 0 Å². The Hall–Kier alpha value is 0.240. The Kier molecular flexibility index (Phi) is 7.52. The van der Waals surface area contributed by atoms with Gasteiger partial charge in [-0.2, -0.15) is 0 Å². The zero-order chi connectivity index (χ0) is 7.82. The number of hydrogen-bond acceptors (Lipinski definition) is 2. The Labute approximate surface area is 71.1 Å². The average molecular weight is 184 g/mol. The van der Waals surface area contributed by atoms with Crippen molar-refractivity contribution in [2.75, 3.05) is 26.8 Å². The molecule has 0 bridgehead atoms. The monoisotopic (exact) mass is 183 g/mol. The van der Waals surface area contributed by atoms with E-state index in [9.17, 15) is 0 Å². The minimum atomic E-state index is 0.396. The number of likely N-dealkylation sites (N-methyl/N-ethyl adjacent to an activating group) is 1. The molecular weight excluding hydrogens is 173 g/mol. The molecule has 4 heteroatoms. The lowest BCUT2D eigenvalue weighted by Gasteiger charge is -2.00. The summed E-state index contributed by atoms with van der Waals surface area (Å²) in [6.45, 7) is 1.87. The first-order valence-electron chi connectivity index (χ1n) is 2.98. The number of nitrogens with one attached hydrogen (secondary N) is 1. The van der Waals surface area contributed by atoms with Gasteiger partial charge >= 0.3 is 0 Å². The van der Waals surface area contributed by atoms with Gasteiger partial charge in [-0.25, -0.2) is 0 Å². The van der Waals surface area contributed by atoms with Crippen LogP contribution < -0.4 is 5.32 Å². The third-order valence-electron chi connectivity index (χ3n) is 0.855. The molecule has 0 aromatic rings. The fraction of sp³-hybridized carbons (Fsp3) is 0.667. The van der Waals surface area contributed by atoms with Crippen LogP contribution in [-0.4, -0.2) is 26.8 Å². The molecule has 0 aliphatic rings. The Morgan fingerprint density at radius 1 is 1.70 bits per heavy atom. The van der Waals surface area contributed by atoms with Crippen LogP contribution in [0.25, 0.3) is 0 Å². The van der Waals surface area contributed by atoms with Crippen LogP contribution in [0.2, 0.25) is 0 Å². The molecule has 0 atom stereocenters. The van der Waals surface area contributed by atoms with Crippen LogP contribution >= 0.6 is 23.2 Å². The highest BCUT2D eigenvalue weighted by atomic mass is 35.5. The summed E-state index contributed by atoms with van der Waals surface area (Å²) < 4.78 is 5.08. The summed E-state index contributed by atoms with van der Waals surface area (Å²) in [4.78, 5) is 0. The summed E-state index contributed by atoms with van der Waals surface area (Å²) in [5, 5.41) is 3.46. The third kappa shape index (κ3) is 6.36. The number of rotatable bonds is 5. The van der Waals surface area contributed by atoms with Gasteiger partial charge in [-0.1, -0.05) is 23.2 Å². The highest BCUT2D eigenvalue weighted by Gasteiger charge is 1.89. The van der Waals surface area contributed by atoms with E-state index in [1.54, 1.807) is 0 Å². The number of hydrogen-bond donors (Lipinski definition) is 1. The first-order valence-corrected chi connectivity index (χ1v) is 3.79. The van der Waals surface area contributed by atoms with Gasteiger partial charge in [0.25, 0.3) is 0 Å². The van der Waals surface area contributed by atoms with Crippen molar-refractivity contribution >= 4 is 23.2 Å². The van der Waals surface area contributed by atoms with E-state index in [2.05, 4.69) is 5.32 Å². The fourth-order valence-corrected chi connectivity index (χ4v) is 0.516. The molecular formula is C6H11Cl2NO. The fourth-order valence-electron chi connectivity index (χ4n) is 0.375. The lowest BCUT2D eigenvalue weighted by molar-refractivity contribution is 0.163. The number of ether oxygens (including phenoxy) is 1. The zero-order valence-corrected chi connectivity index (χ0v) is 7.37. The second-order valence-electron chi connectivity index (χ2n) is 1.71. The summed E-state index contributed by atoms with van der Waals surface area (Å²) in [7, 11) is 1.86. The molecule has 60 valence electrons.